The fraction of sp³-hybridized carbons (Fsp3) is 0.750. The Morgan fingerprint density at radius 1 is 1.32 bits per heavy atom. The molecular formula is C16H26N4O2. The van der Waals surface area contributed by atoms with Crippen LogP contribution in [0.3, 0.4) is 0 Å². The van der Waals surface area contributed by atoms with Crippen LogP contribution in [0, 0.1) is 5.92 Å². The van der Waals surface area contributed by atoms with E-state index < -0.39 is 0 Å². The number of carbonyl (C=O) groups excluding carboxylic acids is 1. The normalized spacial score (nSPS) is 26.5. The molecule has 1 aromatic heterocycles. The largest absolute Gasteiger partial charge is 0.379 e. The summed E-state index contributed by atoms with van der Waals surface area (Å²) in [5.74, 6) is 0.846. The number of aromatic nitrogens is 2. The first-order valence-electron chi connectivity index (χ1n) is 8.29. The lowest BCUT2D eigenvalue weighted by atomic mass is 10.0. The van der Waals surface area contributed by atoms with Gasteiger partial charge in [0, 0.05) is 57.6 Å². The topological polar surface area (TPSA) is 50.6 Å². The maximum atomic E-state index is 12.4. The number of aryl methyl sites for hydroxylation is 1. The second-order valence-electron chi connectivity index (χ2n) is 6.40. The van der Waals surface area contributed by atoms with Gasteiger partial charge in [-0.25, -0.2) is 4.98 Å². The second-order valence-corrected chi connectivity index (χ2v) is 6.40. The molecule has 22 heavy (non-hydrogen) atoms. The summed E-state index contributed by atoms with van der Waals surface area (Å²) in [7, 11) is 0. The Morgan fingerprint density at radius 3 is 2.86 bits per heavy atom. The number of morpholine rings is 1. The molecule has 6 nitrogen and oxygen atoms in total. The SMILES string of the molecule is CC1CN(C(=O)CCCn2ccnc2)CC1N1CCOCC1. The van der Waals surface area contributed by atoms with E-state index >= 15 is 0 Å². The van der Waals surface area contributed by atoms with E-state index in [1.54, 1.807) is 12.5 Å². The molecule has 0 bridgehead atoms. The molecule has 1 aromatic rings. The summed E-state index contributed by atoms with van der Waals surface area (Å²) in [4.78, 5) is 21.0. The highest BCUT2D eigenvalue weighted by Crippen LogP contribution is 2.23. The van der Waals surface area contributed by atoms with E-state index in [1.807, 2.05) is 10.8 Å². The Hall–Kier alpha value is -1.40. The van der Waals surface area contributed by atoms with Crippen molar-refractivity contribution in [2.45, 2.75) is 32.4 Å². The second kappa shape index (κ2) is 7.24. The number of carbonyl (C=O) groups is 1. The molecule has 2 fully saturated rings. The third-order valence-corrected chi connectivity index (χ3v) is 4.81. The van der Waals surface area contributed by atoms with E-state index in [2.05, 4.69) is 21.7 Å². The number of hydrogen-bond donors (Lipinski definition) is 0. The van der Waals surface area contributed by atoms with Gasteiger partial charge in [-0.2, -0.15) is 0 Å². The van der Waals surface area contributed by atoms with Crippen LogP contribution in [0.2, 0.25) is 0 Å². The van der Waals surface area contributed by atoms with Crippen molar-refractivity contribution in [3.8, 4) is 0 Å². The zero-order valence-corrected chi connectivity index (χ0v) is 13.4. The first-order valence-corrected chi connectivity index (χ1v) is 8.29. The first-order chi connectivity index (χ1) is 10.7. The molecule has 6 heteroatoms. The fourth-order valence-electron chi connectivity index (χ4n) is 3.53. The van der Waals surface area contributed by atoms with Gasteiger partial charge in [0.05, 0.1) is 19.5 Å². The number of imidazole rings is 1. The molecule has 0 saturated carbocycles. The monoisotopic (exact) mass is 306 g/mol. The predicted molar refractivity (Wildman–Crippen MR) is 83.4 cm³/mol. The smallest absolute Gasteiger partial charge is 0.222 e. The number of ether oxygens (including phenoxy) is 1. The van der Waals surface area contributed by atoms with Crippen molar-refractivity contribution in [2.24, 2.45) is 5.92 Å². The standard InChI is InChI=1S/C16H26N4O2/c1-14-11-20(12-15(14)19-7-9-22-10-8-19)16(21)3-2-5-18-6-4-17-13-18/h4,6,13-15H,2-3,5,7-12H2,1H3. The maximum Gasteiger partial charge on any atom is 0.222 e. The number of nitrogens with zero attached hydrogens (tertiary/aromatic N) is 4. The van der Waals surface area contributed by atoms with Gasteiger partial charge in [0.2, 0.25) is 5.91 Å². The minimum Gasteiger partial charge on any atom is -0.379 e. The van der Waals surface area contributed by atoms with E-state index in [0.717, 1.165) is 52.4 Å². The zero-order valence-electron chi connectivity index (χ0n) is 13.4. The Morgan fingerprint density at radius 2 is 2.14 bits per heavy atom. The molecule has 2 aliphatic rings. The molecule has 0 aliphatic carbocycles. The van der Waals surface area contributed by atoms with Gasteiger partial charge < -0.3 is 14.2 Å². The van der Waals surface area contributed by atoms with Gasteiger partial charge in [0.1, 0.15) is 0 Å². The van der Waals surface area contributed by atoms with Crippen molar-refractivity contribution in [1.29, 1.82) is 0 Å². The van der Waals surface area contributed by atoms with Gasteiger partial charge in [-0.1, -0.05) is 6.92 Å². The summed E-state index contributed by atoms with van der Waals surface area (Å²) < 4.78 is 7.45. The summed E-state index contributed by atoms with van der Waals surface area (Å²) in [6, 6.07) is 0.501. The van der Waals surface area contributed by atoms with Gasteiger partial charge in [-0.3, -0.25) is 9.69 Å². The summed E-state index contributed by atoms with van der Waals surface area (Å²) in [6.07, 6.45) is 7.02. The van der Waals surface area contributed by atoms with Crippen molar-refractivity contribution < 1.29 is 9.53 Å². The number of likely N-dealkylation sites (tertiary alicyclic amines) is 1. The highest BCUT2D eigenvalue weighted by molar-refractivity contribution is 5.76. The fourth-order valence-corrected chi connectivity index (χ4v) is 3.53. The van der Waals surface area contributed by atoms with Crippen LogP contribution in [0.15, 0.2) is 18.7 Å². The van der Waals surface area contributed by atoms with Crippen molar-refractivity contribution in [3.63, 3.8) is 0 Å². The highest BCUT2D eigenvalue weighted by atomic mass is 16.5. The molecule has 3 rings (SSSR count). The van der Waals surface area contributed by atoms with Crippen LogP contribution < -0.4 is 0 Å². The van der Waals surface area contributed by atoms with Crippen LogP contribution in [0.1, 0.15) is 19.8 Å². The lowest BCUT2D eigenvalue weighted by Gasteiger charge is -2.34. The number of rotatable bonds is 5. The van der Waals surface area contributed by atoms with Crippen LogP contribution in [0.4, 0.5) is 0 Å². The molecule has 2 unspecified atom stereocenters. The van der Waals surface area contributed by atoms with E-state index in [9.17, 15) is 4.79 Å². The minimum absolute atomic E-state index is 0.294. The van der Waals surface area contributed by atoms with E-state index in [4.69, 9.17) is 4.74 Å². The Kier molecular flexibility index (Phi) is 5.10. The molecule has 0 aromatic carbocycles. The predicted octanol–water partition coefficient (Wildman–Crippen LogP) is 0.842. The highest BCUT2D eigenvalue weighted by Gasteiger charge is 2.36. The number of hydrogen-bond acceptors (Lipinski definition) is 4. The molecule has 1 amide bonds. The quantitative estimate of drug-likeness (QED) is 0.809. The summed E-state index contributed by atoms with van der Waals surface area (Å²) >= 11 is 0. The maximum absolute atomic E-state index is 12.4. The average Bonchev–Trinajstić information content (AvgIpc) is 3.17. The molecular weight excluding hydrogens is 280 g/mol. The zero-order chi connectivity index (χ0) is 15.4. The Bertz CT molecular complexity index is 471. The van der Waals surface area contributed by atoms with Crippen LogP contribution in [0.25, 0.3) is 0 Å². The minimum atomic E-state index is 0.294. The van der Waals surface area contributed by atoms with Gasteiger partial charge in [-0.05, 0) is 12.3 Å². The summed E-state index contributed by atoms with van der Waals surface area (Å²) in [5.41, 5.74) is 0. The van der Waals surface area contributed by atoms with Crippen LogP contribution >= 0.6 is 0 Å². The molecule has 3 heterocycles. The van der Waals surface area contributed by atoms with Crippen LogP contribution in [-0.4, -0.2) is 70.7 Å². The molecule has 122 valence electrons. The van der Waals surface area contributed by atoms with E-state index in [0.29, 0.717) is 24.3 Å². The summed E-state index contributed by atoms with van der Waals surface area (Å²) in [5, 5.41) is 0. The van der Waals surface area contributed by atoms with Gasteiger partial charge in [-0.15, -0.1) is 0 Å². The van der Waals surface area contributed by atoms with E-state index in [1.165, 1.54) is 0 Å². The van der Waals surface area contributed by atoms with Crippen LogP contribution in [0.5, 0.6) is 0 Å². The van der Waals surface area contributed by atoms with Crippen molar-refractivity contribution in [1.82, 2.24) is 19.4 Å². The molecule has 0 radical (unpaired) electrons. The molecule has 2 aliphatic heterocycles. The molecule has 2 atom stereocenters. The van der Waals surface area contributed by atoms with Crippen molar-refractivity contribution in [2.75, 3.05) is 39.4 Å². The summed E-state index contributed by atoms with van der Waals surface area (Å²) in [6.45, 7) is 8.54. The Balaban J connectivity index is 1.45. The molecule has 0 N–H and O–H groups in total. The lowest BCUT2D eigenvalue weighted by Crippen LogP contribution is -2.47. The number of amides is 1. The van der Waals surface area contributed by atoms with Gasteiger partial charge in [0.15, 0.2) is 0 Å². The van der Waals surface area contributed by atoms with Gasteiger partial charge in [0.25, 0.3) is 0 Å². The molecule has 0 spiro atoms. The average molecular weight is 306 g/mol. The lowest BCUT2D eigenvalue weighted by molar-refractivity contribution is -0.130. The Labute approximate surface area is 132 Å². The first kappa shape index (κ1) is 15.5. The third-order valence-electron chi connectivity index (χ3n) is 4.81. The third kappa shape index (κ3) is 3.67. The van der Waals surface area contributed by atoms with E-state index in [-0.39, 0.29) is 0 Å². The van der Waals surface area contributed by atoms with Crippen molar-refractivity contribution >= 4 is 5.91 Å². The van der Waals surface area contributed by atoms with Crippen molar-refractivity contribution in [3.05, 3.63) is 18.7 Å². The van der Waals surface area contributed by atoms with Crippen LogP contribution in [-0.2, 0) is 16.1 Å². The molecule has 2 saturated heterocycles. The van der Waals surface area contributed by atoms with Gasteiger partial charge >= 0.3 is 0 Å².